The second kappa shape index (κ2) is 3.41. The molecular formula is C15H19NO. The van der Waals surface area contributed by atoms with E-state index in [-0.39, 0.29) is 16.7 Å². The van der Waals surface area contributed by atoms with Crippen molar-refractivity contribution < 1.29 is 4.79 Å². The molecular weight excluding hydrogens is 210 g/mol. The molecule has 0 radical (unpaired) electrons. The smallest absolute Gasteiger partial charge is 0.178 e. The van der Waals surface area contributed by atoms with Gasteiger partial charge in [0.15, 0.2) is 5.78 Å². The van der Waals surface area contributed by atoms with Crippen molar-refractivity contribution in [3.8, 4) is 0 Å². The molecule has 1 spiro atoms. The van der Waals surface area contributed by atoms with Crippen LogP contribution in [0, 0.1) is 11.3 Å². The van der Waals surface area contributed by atoms with Gasteiger partial charge in [0, 0.05) is 17.0 Å². The fourth-order valence-electron chi connectivity index (χ4n) is 3.96. The van der Waals surface area contributed by atoms with Crippen molar-refractivity contribution in [1.29, 1.82) is 0 Å². The van der Waals surface area contributed by atoms with Crippen molar-refractivity contribution in [3.63, 3.8) is 0 Å². The second-order valence-corrected chi connectivity index (χ2v) is 5.85. The van der Waals surface area contributed by atoms with Crippen molar-refractivity contribution in [2.45, 2.75) is 45.1 Å². The highest BCUT2D eigenvalue weighted by Gasteiger charge is 2.54. The van der Waals surface area contributed by atoms with E-state index in [1.54, 1.807) is 12.2 Å². The molecule has 2 atom stereocenters. The standard InChI is InChI=1S/C15H19NO/c1-11-15(9-6-12(17)7-10-15)13-5-3-4-8-14(13,2)16-11/h6-7,9-10,13H,3-5,8H2,1-2H3/t13-,14-/m0/s1. The lowest BCUT2D eigenvalue weighted by Gasteiger charge is -2.41. The fraction of sp³-hybridized carbons (Fsp3) is 0.600. The number of nitrogens with zero attached hydrogens (tertiary/aromatic N) is 1. The minimum atomic E-state index is -0.0664. The highest BCUT2D eigenvalue weighted by molar-refractivity contribution is 6.05. The first-order valence-electron chi connectivity index (χ1n) is 6.56. The van der Waals surface area contributed by atoms with E-state index in [1.807, 2.05) is 0 Å². The largest absolute Gasteiger partial charge is 0.290 e. The van der Waals surface area contributed by atoms with Crippen LogP contribution in [0.3, 0.4) is 0 Å². The van der Waals surface area contributed by atoms with Crippen molar-refractivity contribution in [1.82, 2.24) is 0 Å². The van der Waals surface area contributed by atoms with Gasteiger partial charge in [0.1, 0.15) is 0 Å². The van der Waals surface area contributed by atoms with E-state index in [4.69, 9.17) is 4.99 Å². The molecule has 0 aromatic heterocycles. The Kier molecular flexibility index (Phi) is 2.19. The van der Waals surface area contributed by atoms with Crippen LogP contribution in [0.25, 0.3) is 0 Å². The highest BCUT2D eigenvalue weighted by Crippen LogP contribution is 2.54. The molecule has 0 aromatic carbocycles. The molecule has 3 rings (SSSR count). The number of fused-ring (bicyclic) bond motifs is 2. The molecule has 2 aliphatic carbocycles. The Hall–Kier alpha value is -1.18. The lowest BCUT2D eigenvalue weighted by atomic mass is 9.61. The molecule has 1 heterocycles. The van der Waals surface area contributed by atoms with Crippen molar-refractivity contribution in [2.75, 3.05) is 0 Å². The summed E-state index contributed by atoms with van der Waals surface area (Å²) in [4.78, 5) is 16.3. The van der Waals surface area contributed by atoms with Crippen molar-refractivity contribution in [2.24, 2.45) is 16.3 Å². The number of allylic oxidation sites excluding steroid dienone is 4. The summed E-state index contributed by atoms with van der Waals surface area (Å²) in [5, 5.41) is 0. The first-order valence-corrected chi connectivity index (χ1v) is 6.56. The maximum absolute atomic E-state index is 11.3. The van der Waals surface area contributed by atoms with Gasteiger partial charge < -0.3 is 0 Å². The van der Waals surface area contributed by atoms with Gasteiger partial charge in [-0.05, 0) is 38.8 Å². The van der Waals surface area contributed by atoms with Gasteiger partial charge in [0.2, 0.25) is 0 Å². The van der Waals surface area contributed by atoms with Crippen LogP contribution in [0.2, 0.25) is 0 Å². The normalized spacial score (nSPS) is 38.4. The molecule has 1 fully saturated rings. The molecule has 1 aliphatic heterocycles. The number of ketones is 1. The molecule has 3 aliphatic rings. The predicted octanol–water partition coefficient (Wildman–Crippen LogP) is 3.09. The van der Waals surface area contributed by atoms with Gasteiger partial charge in [-0.2, -0.15) is 0 Å². The van der Waals surface area contributed by atoms with Crippen LogP contribution < -0.4 is 0 Å². The van der Waals surface area contributed by atoms with Gasteiger partial charge in [-0.25, -0.2) is 0 Å². The minimum absolute atomic E-state index is 0.0664. The van der Waals surface area contributed by atoms with E-state index in [2.05, 4.69) is 26.0 Å². The molecule has 1 saturated carbocycles. The topological polar surface area (TPSA) is 29.4 Å². The molecule has 2 heteroatoms. The Morgan fingerprint density at radius 3 is 2.71 bits per heavy atom. The molecule has 0 bridgehead atoms. The third kappa shape index (κ3) is 1.39. The molecule has 0 N–H and O–H groups in total. The van der Waals surface area contributed by atoms with Crippen molar-refractivity contribution in [3.05, 3.63) is 24.3 Å². The van der Waals surface area contributed by atoms with Gasteiger partial charge in [-0.15, -0.1) is 0 Å². The van der Waals surface area contributed by atoms with Gasteiger partial charge in [-0.1, -0.05) is 25.0 Å². The Bertz CT molecular complexity index is 442. The summed E-state index contributed by atoms with van der Waals surface area (Å²) in [5.74, 6) is 0.650. The average Bonchev–Trinajstić information content (AvgIpc) is 2.51. The minimum Gasteiger partial charge on any atom is -0.290 e. The third-order valence-corrected chi connectivity index (χ3v) is 4.85. The average molecular weight is 229 g/mol. The van der Waals surface area contributed by atoms with Gasteiger partial charge in [0.05, 0.1) is 5.54 Å². The molecule has 0 amide bonds. The van der Waals surface area contributed by atoms with Crippen LogP contribution in [0.1, 0.15) is 39.5 Å². The number of hydrogen-bond donors (Lipinski definition) is 0. The van der Waals surface area contributed by atoms with Crippen LogP contribution >= 0.6 is 0 Å². The summed E-state index contributed by atoms with van der Waals surface area (Å²) in [6, 6.07) is 0. The maximum Gasteiger partial charge on any atom is 0.178 e. The lowest BCUT2D eigenvalue weighted by Crippen LogP contribution is -2.42. The van der Waals surface area contributed by atoms with Gasteiger partial charge in [0.25, 0.3) is 0 Å². The Morgan fingerprint density at radius 2 is 2.00 bits per heavy atom. The first kappa shape index (κ1) is 10.9. The second-order valence-electron chi connectivity index (χ2n) is 5.85. The van der Waals surface area contributed by atoms with Gasteiger partial charge >= 0.3 is 0 Å². The van der Waals surface area contributed by atoms with Crippen LogP contribution in [-0.4, -0.2) is 17.0 Å². The summed E-state index contributed by atoms with van der Waals surface area (Å²) < 4.78 is 0. The number of rotatable bonds is 0. The zero-order valence-corrected chi connectivity index (χ0v) is 10.6. The summed E-state index contributed by atoms with van der Waals surface area (Å²) in [7, 11) is 0. The Morgan fingerprint density at radius 1 is 1.29 bits per heavy atom. The number of aliphatic imine (C=N–C) groups is 1. The zero-order chi connectivity index (χ0) is 12.1. The number of carbonyl (C=O) groups is 1. The van der Waals surface area contributed by atoms with E-state index in [1.165, 1.54) is 31.4 Å². The van der Waals surface area contributed by atoms with Crippen LogP contribution in [0.5, 0.6) is 0 Å². The molecule has 0 saturated heterocycles. The predicted molar refractivity (Wildman–Crippen MR) is 69.2 cm³/mol. The summed E-state index contributed by atoms with van der Waals surface area (Å²) in [5.41, 5.74) is 1.22. The molecule has 17 heavy (non-hydrogen) atoms. The fourth-order valence-corrected chi connectivity index (χ4v) is 3.96. The Balaban J connectivity index is 2.07. The van der Waals surface area contributed by atoms with Gasteiger partial charge in [-0.3, -0.25) is 9.79 Å². The van der Waals surface area contributed by atoms with E-state index >= 15 is 0 Å². The zero-order valence-electron chi connectivity index (χ0n) is 10.6. The molecule has 90 valence electrons. The van der Waals surface area contributed by atoms with Crippen LogP contribution in [-0.2, 0) is 4.79 Å². The molecule has 2 nitrogen and oxygen atoms in total. The third-order valence-electron chi connectivity index (χ3n) is 4.85. The highest BCUT2D eigenvalue weighted by atomic mass is 16.1. The molecule has 0 aromatic rings. The van der Waals surface area contributed by atoms with E-state index < -0.39 is 0 Å². The van der Waals surface area contributed by atoms with Crippen molar-refractivity contribution >= 4 is 11.5 Å². The summed E-state index contributed by atoms with van der Waals surface area (Å²) in [6.07, 6.45) is 12.6. The van der Waals surface area contributed by atoms with Crippen LogP contribution in [0.4, 0.5) is 0 Å². The summed E-state index contributed by atoms with van der Waals surface area (Å²) in [6.45, 7) is 4.40. The lowest BCUT2D eigenvalue weighted by molar-refractivity contribution is -0.110. The molecule has 0 unspecified atom stereocenters. The Labute approximate surface area is 103 Å². The summed E-state index contributed by atoms with van der Waals surface area (Å²) >= 11 is 0. The number of hydrogen-bond acceptors (Lipinski definition) is 2. The number of carbonyl (C=O) groups excluding carboxylic acids is 1. The SMILES string of the molecule is CC1=N[C@@]2(C)CCCC[C@@H]2C12C=CC(=O)C=C2. The monoisotopic (exact) mass is 229 g/mol. The van der Waals surface area contributed by atoms with E-state index in [0.717, 1.165) is 0 Å². The maximum atomic E-state index is 11.3. The van der Waals surface area contributed by atoms with E-state index in [9.17, 15) is 4.79 Å². The van der Waals surface area contributed by atoms with Crippen LogP contribution in [0.15, 0.2) is 29.3 Å². The first-order chi connectivity index (χ1) is 8.07. The quantitative estimate of drug-likeness (QED) is 0.627. The van der Waals surface area contributed by atoms with E-state index in [0.29, 0.717) is 5.92 Å².